The first-order valence-electron chi connectivity index (χ1n) is 6.70. The zero-order valence-electron chi connectivity index (χ0n) is 11.5. The summed E-state index contributed by atoms with van der Waals surface area (Å²) >= 11 is 0. The predicted molar refractivity (Wildman–Crippen MR) is 77.2 cm³/mol. The molecule has 3 heteroatoms. The number of anilines is 1. The molecule has 0 spiro atoms. The van der Waals surface area contributed by atoms with Crippen LogP contribution in [-0.4, -0.2) is 17.6 Å². The van der Waals surface area contributed by atoms with Gasteiger partial charge in [0.05, 0.1) is 11.8 Å². The van der Waals surface area contributed by atoms with Crippen molar-refractivity contribution in [3.05, 3.63) is 31.0 Å². The number of unbranched alkanes of at least 4 members (excludes halogenated alkanes) is 3. The van der Waals surface area contributed by atoms with Crippen LogP contribution in [0.25, 0.3) is 0 Å². The molecular weight excluding hydrogens is 224 g/mol. The monoisotopic (exact) mass is 248 g/mol. The van der Waals surface area contributed by atoms with E-state index in [0.717, 1.165) is 25.1 Å². The van der Waals surface area contributed by atoms with Gasteiger partial charge in [0.15, 0.2) is 0 Å². The minimum Gasteiger partial charge on any atom is -0.473 e. The highest BCUT2D eigenvalue weighted by atomic mass is 16.5. The molecule has 0 aliphatic carbocycles. The molecule has 0 aliphatic heterocycles. The van der Waals surface area contributed by atoms with Crippen molar-refractivity contribution in [3.8, 4) is 5.88 Å². The quantitative estimate of drug-likeness (QED) is 0.529. The number of ether oxygens (including phenoxy) is 1. The number of rotatable bonds is 9. The smallest absolute Gasteiger partial charge is 0.237 e. The molecule has 0 aromatic carbocycles. The van der Waals surface area contributed by atoms with Gasteiger partial charge in [0.25, 0.3) is 0 Å². The Morgan fingerprint density at radius 2 is 2.22 bits per heavy atom. The van der Waals surface area contributed by atoms with Crippen molar-refractivity contribution < 1.29 is 4.74 Å². The van der Waals surface area contributed by atoms with E-state index >= 15 is 0 Å². The van der Waals surface area contributed by atoms with Crippen LogP contribution < -0.4 is 10.1 Å². The fourth-order valence-corrected chi connectivity index (χ4v) is 1.66. The van der Waals surface area contributed by atoms with Gasteiger partial charge in [-0.25, -0.2) is 4.98 Å². The highest BCUT2D eigenvalue weighted by Gasteiger charge is 2.05. The largest absolute Gasteiger partial charge is 0.473 e. The average Bonchev–Trinajstić information content (AvgIpc) is 2.35. The van der Waals surface area contributed by atoms with Gasteiger partial charge in [0, 0.05) is 12.7 Å². The van der Waals surface area contributed by atoms with Crippen molar-refractivity contribution in [1.82, 2.24) is 4.98 Å². The summed E-state index contributed by atoms with van der Waals surface area (Å²) in [6.45, 7) is 8.70. The number of nitrogens with zero attached hydrogens (tertiary/aromatic N) is 1. The molecule has 0 bridgehead atoms. The summed E-state index contributed by atoms with van der Waals surface area (Å²) in [4.78, 5) is 4.25. The van der Waals surface area contributed by atoms with Gasteiger partial charge >= 0.3 is 0 Å². The number of allylic oxidation sites excluding steroid dienone is 1. The Bertz CT molecular complexity index is 350. The van der Waals surface area contributed by atoms with Gasteiger partial charge in [-0.15, -0.1) is 6.58 Å². The second-order valence-corrected chi connectivity index (χ2v) is 4.59. The van der Waals surface area contributed by atoms with Crippen molar-refractivity contribution in [3.63, 3.8) is 0 Å². The van der Waals surface area contributed by atoms with Gasteiger partial charge in [-0.2, -0.15) is 0 Å². The molecule has 1 N–H and O–H groups in total. The molecule has 0 radical (unpaired) electrons. The number of hydrogen-bond donors (Lipinski definition) is 1. The van der Waals surface area contributed by atoms with Crippen LogP contribution in [0.2, 0.25) is 0 Å². The number of pyridine rings is 1. The molecule has 1 rings (SSSR count). The molecular formula is C15H24N2O. The predicted octanol–water partition coefficient (Wildman–Crippen LogP) is 4.03. The van der Waals surface area contributed by atoms with E-state index in [2.05, 4.69) is 16.9 Å². The van der Waals surface area contributed by atoms with Crippen molar-refractivity contribution in [2.75, 3.05) is 11.9 Å². The molecule has 0 saturated heterocycles. The Morgan fingerprint density at radius 1 is 1.39 bits per heavy atom. The van der Waals surface area contributed by atoms with Crippen molar-refractivity contribution >= 4 is 5.69 Å². The fourth-order valence-electron chi connectivity index (χ4n) is 1.66. The van der Waals surface area contributed by atoms with Gasteiger partial charge in [0.1, 0.15) is 0 Å². The minimum absolute atomic E-state index is 0.146. The summed E-state index contributed by atoms with van der Waals surface area (Å²) in [5, 5.41) is 3.38. The molecule has 0 unspecified atom stereocenters. The summed E-state index contributed by atoms with van der Waals surface area (Å²) < 4.78 is 5.65. The van der Waals surface area contributed by atoms with Gasteiger partial charge in [-0.3, -0.25) is 0 Å². The molecule has 0 fully saturated rings. The van der Waals surface area contributed by atoms with Crippen LogP contribution in [0.4, 0.5) is 5.69 Å². The number of aromatic nitrogens is 1. The molecule has 0 amide bonds. The SMILES string of the molecule is C=CCCCCCNc1cccnc1OC(C)C. The lowest BCUT2D eigenvalue weighted by atomic mass is 10.2. The summed E-state index contributed by atoms with van der Waals surface area (Å²) in [7, 11) is 0. The van der Waals surface area contributed by atoms with Crippen LogP contribution in [0.15, 0.2) is 31.0 Å². The highest BCUT2D eigenvalue weighted by Crippen LogP contribution is 2.21. The normalized spacial score (nSPS) is 10.4. The van der Waals surface area contributed by atoms with E-state index in [1.165, 1.54) is 12.8 Å². The summed E-state index contributed by atoms with van der Waals surface area (Å²) in [5.41, 5.74) is 0.981. The zero-order valence-corrected chi connectivity index (χ0v) is 11.5. The average molecular weight is 248 g/mol. The van der Waals surface area contributed by atoms with E-state index in [1.807, 2.05) is 32.1 Å². The van der Waals surface area contributed by atoms with Crippen molar-refractivity contribution in [2.24, 2.45) is 0 Å². The first kappa shape index (κ1) is 14.6. The first-order chi connectivity index (χ1) is 8.74. The van der Waals surface area contributed by atoms with Crippen LogP contribution in [0.3, 0.4) is 0 Å². The second-order valence-electron chi connectivity index (χ2n) is 4.59. The molecule has 0 aliphatic rings. The Labute approximate surface area is 110 Å². The Kier molecular flexibility index (Phi) is 6.92. The lowest BCUT2D eigenvalue weighted by molar-refractivity contribution is 0.234. The Hall–Kier alpha value is -1.51. The van der Waals surface area contributed by atoms with Gasteiger partial charge < -0.3 is 10.1 Å². The zero-order chi connectivity index (χ0) is 13.2. The number of hydrogen-bond acceptors (Lipinski definition) is 3. The van der Waals surface area contributed by atoms with Gasteiger partial charge in [-0.05, 0) is 45.2 Å². The van der Waals surface area contributed by atoms with E-state index in [-0.39, 0.29) is 6.10 Å². The van der Waals surface area contributed by atoms with E-state index in [1.54, 1.807) is 6.20 Å². The van der Waals surface area contributed by atoms with Crippen LogP contribution >= 0.6 is 0 Å². The third kappa shape index (κ3) is 5.71. The Morgan fingerprint density at radius 3 is 2.94 bits per heavy atom. The van der Waals surface area contributed by atoms with Gasteiger partial charge in [0.2, 0.25) is 5.88 Å². The standard InChI is InChI=1S/C15H24N2O/c1-4-5-6-7-8-11-16-14-10-9-12-17-15(14)18-13(2)3/h4,9-10,12-13,16H,1,5-8,11H2,2-3H3. The maximum atomic E-state index is 5.65. The van der Waals surface area contributed by atoms with Crippen molar-refractivity contribution in [2.45, 2.75) is 45.6 Å². The fraction of sp³-hybridized carbons (Fsp3) is 0.533. The molecule has 0 atom stereocenters. The minimum atomic E-state index is 0.146. The van der Waals surface area contributed by atoms with E-state index in [4.69, 9.17) is 4.74 Å². The van der Waals surface area contributed by atoms with E-state index < -0.39 is 0 Å². The molecule has 1 aromatic rings. The van der Waals surface area contributed by atoms with E-state index in [9.17, 15) is 0 Å². The lowest BCUT2D eigenvalue weighted by Gasteiger charge is -2.13. The topological polar surface area (TPSA) is 34.2 Å². The van der Waals surface area contributed by atoms with Crippen LogP contribution in [0.1, 0.15) is 39.5 Å². The third-order valence-electron chi connectivity index (χ3n) is 2.52. The highest BCUT2D eigenvalue weighted by molar-refractivity contribution is 5.51. The molecule has 100 valence electrons. The summed E-state index contributed by atoms with van der Waals surface area (Å²) in [6.07, 6.45) is 8.58. The van der Waals surface area contributed by atoms with Crippen molar-refractivity contribution in [1.29, 1.82) is 0 Å². The lowest BCUT2D eigenvalue weighted by Crippen LogP contribution is -2.10. The molecule has 1 heterocycles. The van der Waals surface area contributed by atoms with Gasteiger partial charge in [-0.1, -0.05) is 12.5 Å². The van der Waals surface area contributed by atoms with E-state index in [0.29, 0.717) is 5.88 Å². The molecule has 3 nitrogen and oxygen atoms in total. The maximum absolute atomic E-state index is 5.65. The third-order valence-corrected chi connectivity index (χ3v) is 2.52. The van der Waals surface area contributed by atoms with Crippen LogP contribution in [0.5, 0.6) is 5.88 Å². The Balaban J connectivity index is 2.34. The summed E-state index contributed by atoms with van der Waals surface area (Å²) in [6, 6.07) is 3.93. The molecule has 0 saturated carbocycles. The second kappa shape index (κ2) is 8.56. The molecule has 1 aromatic heterocycles. The molecule has 18 heavy (non-hydrogen) atoms. The number of nitrogens with one attached hydrogen (secondary N) is 1. The van der Waals surface area contributed by atoms with Crippen LogP contribution in [-0.2, 0) is 0 Å². The van der Waals surface area contributed by atoms with Crippen LogP contribution in [0, 0.1) is 0 Å². The summed E-state index contributed by atoms with van der Waals surface area (Å²) in [5.74, 6) is 0.693. The first-order valence-corrected chi connectivity index (χ1v) is 6.70. The maximum Gasteiger partial charge on any atom is 0.237 e.